The maximum absolute atomic E-state index is 11.9. The SMILES string of the molecule is Cc1cc(C(C)N)ccc1OCC(=O)NC1CCCCC1. The Hall–Kier alpha value is -1.55. The topological polar surface area (TPSA) is 64.3 Å². The molecule has 1 amide bonds. The minimum absolute atomic E-state index is 0.00681. The van der Waals surface area contributed by atoms with Gasteiger partial charge >= 0.3 is 0 Å². The summed E-state index contributed by atoms with van der Waals surface area (Å²) in [6.07, 6.45) is 5.89. The maximum Gasteiger partial charge on any atom is 0.258 e. The molecule has 21 heavy (non-hydrogen) atoms. The molecule has 1 aliphatic carbocycles. The number of hydrogen-bond acceptors (Lipinski definition) is 3. The van der Waals surface area contributed by atoms with E-state index in [4.69, 9.17) is 10.5 Å². The fourth-order valence-electron chi connectivity index (χ4n) is 2.78. The predicted molar refractivity (Wildman–Crippen MR) is 84.3 cm³/mol. The lowest BCUT2D eigenvalue weighted by molar-refractivity contribution is -0.124. The van der Waals surface area contributed by atoms with E-state index in [1.807, 2.05) is 32.0 Å². The van der Waals surface area contributed by atoms with Crippen LogP contribution in [0.15, 0.2) is 18.2 Å². The van der Waals surface area contributed by atoms with Gasteiger partial charge in [0.1, 0.15) is 5.75 Å². The van der Waals surface area contributed by atoms with Gasteiger partial charge < -0.3 is 15.8 Å². The maximum atomic E-state index is 11.9. The summed E-state index contributed by atoms with van der Waals surface area (Å²) in [5.41, 5.74) is 7.94. The molecule has 1 atom stereocenters. The minimum Gasteiger partial charge on any atom is -0.484 e. The molecule has 4 heteroatoms. The fourth-order valence-corrected chi connectivity index (χ4v) is 2.78. The summed E-state index contributed by atoms with van der Waals surface area (Å²) in [6, 6.07) is 6.19. The first kappa shape index (κ1) is 15.8. The first-order valence-corrected chi connectivity index (χ1v) is 7.84. The van der Waals surface area contributed by atoms with E-state index in [1.54, 1.807) is 0 Å². The Morgan fingerprint density at radius 2 is 2.10 bits per heavy atom. The van der Waals surface area contributed by atoms with Gasteiger partial charge in [0.25, 0.3) is 5.91 Å². The summed E-state index contributed by atoms with van der Waals surface area (Å²) >= 11 is 0. The van der Waals surface area contributed by atoms with Gasteiger partial charge in [-0.25, -0.2) is 0 Å². The zero-order valence-electron chi connectivity index (χ0n) is 13.0. The molecule has 1 saturated carbocycles. The molecule has 0 aromatic heterocycles. The minimum atomic E-state index is -0.0300. The van der Waals surface area contributed by atoms with Crippen LogP contribution in [0.4, 0.5) is 0 Å². The molecule has 0 heterocycles. The molecule has 0 saturated heterocycles. The third kappa shape index (κ3) is 4.74. The molecule has 1 aromatic carbocycles. The number of hydrogen-bond donors (Lipinski definition) is 2. The van der Waals surface area contributed by atoms with E-state index < -0.39 is 0 Å². The van der Waals surface area contributed by atoms with Crippen LogP contribution in [0.1, 0.15) is 56.2 Å². The van der Waals surface area contributed by atoms with Crippen molar-refractivity contribution in [1.29, 1.82) is 0 Å². The second-order valence-corrected chi connectivity index (χ2v) is 6.00. The van der Waals surface area contributed by atoms with Crippen molar-refractivity contribution < 1.29 is 9.53 Å². The highest BCUT2D eigenvalue weighted by Crippen LogP contribution is 2.22. The Morgan fingerprint density at radius 1 is 1.38 bits per heavy atom. The van der Waals surface area contributed by atoms with Crippen LogP contribution >= 0.6 is 0 Å². The summed E-state index contributed by atoms with van der Waals surface area (Å²) in [5.74, 6) is 0.718. The Labute approximate surface area is 127 Å². The van der Waals surface area contributed by atoms with E-state index in [2.05, 4.69) is 5.32 Å². The summed E-state index contributed by atoms with van der Waals surface area (Å²) < 4.78 is 5.62. The molecule has 0 radical (unpaired) electrons. The third-order valence-electron chi connectivity index (χ3n) is 4.05. The summed E-state index contributed by atoms with van der Waals surface area (Å²) in [7, 11) is 0. The number of carbonyl (C=O) groups is 1. The van der Waals surface area contributed by atoms with Gasteiger partial charge in [0, 0.05) is 12.1 Å². The van der Waals surface area contributed by atoms with Crippen molar-refractivity contribution in [2.24, 2.45) is 5.73 Å². The molecule has 4 nitrogen and oxygen atoms in total. The van der Waals surface area contributed by atoms with E-state index in [0.717, 1.165) is 29.7 Å². The van der Waals surface area contributed by atoms with E-state index in [0.29, 0.717) is 6.04 Å². The second kappa shape index (κ2) is 7.46. The largest absolute Gasteiger partial charge is 0.484 e. The molecule has 3 N–H and O–H groups in total. The lowest BCUT2D eigenvalue weighted by Crippen LogP contribution is -2.39. The standard InChI is InChI=1S/C17H26N2O2/c1-12-10-14(13(2)18)8-9-16(12)21-11-17(20)19-15-6-4-3-5-7-15/h8-10,13,15H,3-7,11,18H2,1-2H3,(H,19,20). The van der Waals surface area contributed by atoms with Crippen molar-refractivity contribution in [3.8, 4) is 5.75 Å². The van der Waals surface area contributed by atoms with Crippen LogP contribution in [0.25, 0.3) is 0 Å². The second-order valence-electron chi connectivity index (χ2n) is 6.00. The van der Waals surface area contributed by atoms with Gasteiger partial charge in [-0.3, -0.25) is 4.79 Å². The predicted octanol–water partition coefficient (Wildman–Crippen LogP) is 2.84. The molecule has 0 bridgehead atoms. The third-order valence-corrected chi connectivity index (χ3v) is 4.05. The number of nitrogens with two attached hydrogens (primary N) is 1. The van der Waals surface area contributed by atoms with Crippen molar-refractivity contribution in [3.63, 3.8) is 0 Å². The molecule has 116 valence electrons. The monoisotopic (exact) mass is 290 g/mol. The van der Waals surface area contributed by atoms with E-state index in [9.17, 15) is 4.79 Å². The highest BCUT2D eigenvalue weighted by Gasteiger charge is 2.16. The van der Waals surface area contributed by atoms with Crippen LogP contribution in [0, 0.1) is 6.92 Å². The zero-order chi connectivity index (χ0) is 15.2. The molecule has 0 spiro atoms. The number of amides is 1. The molecule has 1 aromatic rings. The van der Waals surface area contributed by atoms with Crippen LogP contribution < -0.4 is 15.8 Å². The summed E-state index contributed by atoms with van der Waals surface area (Å²) in [6.45, 7) is 4.00. The van der Waals surface area contributed by atoms with E-state index >= 15 is 0 Å². The van der Waals surface area contributed by atoms with Gasteiger partial charge in [0.15, 0.2) is 6.61 Å². The van der Waals surface area contributed by atoms with E-state index in [1.165, 1.54) is 19.3 Å². The quantitative estimate of drug-likeness (QED) is 0.876. The normalized spacial score (nSPS) is 17.3. The lowest BCUT2D eigenvalue weighted by Gasteiger charge is -2.22. The molecule has 1 aliphatic rings. The Bertz CT molecular complexity index is 480. The average molecular weight is 290 g/mol. The number of carbonyl (C=O) groups excluding carboxylic acids is 1. The number of ether oxygens (including phenoxy) is 1. The molecular formula is C17H26N2O2. The average Bonchev–Trinajstić information content (AvgIpc) is 2.47. The van der Waals surface area contributed by atoms with Crippen LogP contribution in [-0.2, 0) is 4.79 Å². The Morgan fingerprint density at radius 3 is 2.71 bits per heavy atom. The van der Waals surface area contributed by atoms with Gasteiger partial charge in [-0.2, -0.15) is 0 Å². The van der Waals surface area contributed by atoms with Gasteiger partial charge in [-0.1, -0.05) is 31.4 Å². The Balaban J connectivity index is 1.83. The number of benzene rings is 1. The molecule has 1 unspecified atom stereocenters. The molecule has 0 aliphatic heterocycles. The van der Waals surface area contributed by atoms with Crippen molar-refractivity contribution in [1.82, 2.24) is 5.32 Å². The van der Waals surface area contributed by atoms with Gasteiger partial charge in [-0.05, 0) is 43.9 Å². The summed E-state index contributed by atoms with van der Waals surface area (Å²) in [5, 5.41) is 3.05. The number of nitrogens with one attached hydrogen (secondary N) is 1. The fraction of sp³-hybridized carbons (Fsp3) is 0.588. The van der Waals surface area contributed by atoms with Crippen molar-refractivity contribution in [2.75, 3.05) is 6.61 Å². The van der Waals surface area contributed by atoms with E-state index in [-0.39, 0.29) is 18.6 Å². The number of aryl methyl sites for hydroxylation is 1. The van der Waals surface area contributed by atoms with Crippen LogP contribution in [0.5, 0.6) is 5.75 Å². The smallest absolute Gasteiger partial charge is 0.258 e. The van der Waals surface area contributed by atoms with Crippen molar-refractivity contribution >= 4 is 5.91 Å². The molecule has 1 fully saturated rings. The highest BCUT2D eigenvalue weighted by molar-refractivity contribution is 5.77. The van der Waals surface area contributed by atoms with Crippen LogP contribution in [0.2, 0.25) is 0 Å². The van der Waals surface area contributed by atoms with Crippen LogP contribution in [-0.4, -0.2) is 18.6 Å². The first-order valence-electron chi connectivity index (χ1n) is 7.84. The van der Waals surface area contributed by atoms with Crippen LogP contribution in [0.3, 0.4) is 0 Å². The van der Waals surface area contributed by atoms with Gasteiger partial charge in [0.2, 0.25) is 0 Å². The zero-order valence-corrected chi connectivity index (χ0v) is 13.0. The molecular weight excluding hydrogens is 264 g/mol. The van der Waals surface area contributed by atoms with Crippen molar-refractivity contribution in [3.05, 3.63) is 29.3 Å². The summed E-state index contributed by atoms with van der Waals surface area (Å²) in [4.78, 5) is 11.9. The van der Waals surface area contributed by atoms with Gasteiger partial charge in [-0.15, -0.1) is 0 Å². The van der Waals surface area contributed by atoms with Gasteiger partial charge in [0.05, 0.1) is 0 Å². The number of rotatable bonds is 5. The lowest BCUT2D eigenvalue weighted by atomic mass is 9.95. The van der Waals surface area contributed by atoms with Crippen molar-refractivity contribution in [2.45, 2.75) is 58.0 Å². The highest BCUT2D eigenvalue weighted by atomic mass is 16.5. The first-order chi connectivity index (χ1) is 10.1. The molecule has 2 rings (SSSR count). The Kier molecular flexibility index (Phi) is 5.62.